The SMILES string of the molecule is NC(c1noc(C2CC2)n1)C1CCCCC1. The van der Waals surface area contributed by atoms with Crippen molar-refractivity contribution < 1.29 is 4.52 Å². The maximum absolute atomic E-state index is 6.22. The summed E-state index contributed by atoms with van der Waals surface area (Å²) >= 11 is 0. The van der Waals surface area contributed by atoms with Crippen LogP contribution in [0.25, 0.3) is 0 Å². The summed E-state index contributed by atoms with van der Waals surface area (Å²) in [4.78, 5) is 4.44. The van der Waals surface area contributed by atoms with Gasteiger partial charge in [-0.3, -0.25) is 0 Å². The Morgan fingerprint density at radius 1 is 1.12 bits per heavy atom. The molecule has 0 radical (unpaired) electrons. The van der Waals surface area contributed by atoms with Crippen LogP contribution in [0, 0.1) is 5.92 Å². The first-order chi connectivity index (χ1) is 7.84. The topological polar surface area (TPSA) is 64.9 Å². The zero-order valence-corrected chi connectivity index (χ0v) is 9.56. The van der Waals surface area contributed by atoms with Gasteiger partial charge in [-0.25, -0.2) is 0 Å². The summed E-state index contributed by atoms with van der Waals surface area (Å²) in [5, 5.41) is 4.04. The van der Waals surface area contributed by atoms with Gasteiger partial charge in [0.25, 0.3) is 0 Å². The van der Waals surface area contributed by atoms with Crippen molar-refractivity contribution in [2.24, 2.45) is 11.7 Å². The van der Waals surface area contributed by atoms with Crippen molar-refractivity contribution in [3.63, 3.8) is 0 Å². The van der Waals surface area contributed by atoms with Gasteiger partial charge in [-0.15, -0.1) is 0 Å². The van der Waals surface area contributed by atoms with Gasteiger partial charge >= 0.3 is 0 Å². The Kier molecular flexibility index (Phi) is 2.67. The van der Waals surface area contributed by atoms with E-state index in [1.54, 1.807) is 0 Å². The highest BCUT2D eigenvalue weighted by atomic mass is 16.5. The molecule has 3 rings (SSSR count). The van der Waals surface area contributed by atoms with Gasteiger partial charge in [-0.05, 0) is 31.6 Å². The third kappa shape index (κ3) is 1.98. The van der Waals surface area contributed by atoms with Crippen LogP contribution in [0.4, 0.5) is 0 Å². The molecule has 4 heteroatoms. The van der Waals surface area contributed by atoms with E-state index in [1.807, 2.05) is 0 Å². The van der Waals surface area contributed by atoms with Crippen LogP contribution in [0.15, 0.2) is 4.52 Å². The second-order valence-corrected chi connectivity index (χ2v) is 5.19. The van der Waals surface area contributed by atoms with Gasteiger partial charge in [-0.2, -0.15) is 4.98 Å². The predicted octanol–water partition coefficient (Wildman–Crippen LogP) is 2.53. The molecule has 1 unspecified atom stereocenters. The van der Waals surface area contributed by atoms with Gasteiger partial charge in [0.1, 0.15) is 0 Å². The number of hydrogen-bond acceptors (Lipinski definition) is 4. The molecule has 16 heavy (non-hydrogen) atoms. The lowest BCUT2D eigenvalue weighted by atomic mass is 9.84. The molecule has 4 nitrogen and oxygen atoms in total. The molecule has 1 heterocycles. The van der Waals surface area contributed by atoms with Crippen LogP contribution >= 0.6 is 0 Å². The van der Waals surface area contributed by atoms with Gasteiger partial charge in [0, 0.05) is 5.92 Å². The second-order valence-electron chi connectivity index (χ2n) is 5.19. The summed E-state index contributed by atoms with van der Waals surface area (Å²) in [6, 6.07) is -0.0171. The molecule has 0 aliphatic heterocycles. The molecule has 0 saturated heterocycles. The Morgan fingerprint density at radius 3 is 2.56 bits per heavy atom. The van der Waals surface area contributed by atoms with Gasteiger partial charge in [0.2, 0.25) is 5.89 Å². The molecule has 1 aromatic heterocycles. The van der Waals surface area contributed by atoms with Crippen molar-refractivity contribution in [3.8, 4) is 0 Å². The zero-order valence-electron chi connectivity index (χ0n) is 9.56. The molecule has 0 aromatic carbocycles. The van der Waals surface area contributed by atoms with Crippen LogP contribution in [0.1, 0.15) is 68.6 Å². The Morgan fingerprint density at radius 2 is 1.88 bits per heavy atom. The van der Waals surface area contributed by atoms with Crippen LogP contribution in [0.5, 0.6) is 0 Å². The standard InChI is InChI=1S/C12H19N3O/c13-10(8-4-2-1-3-5-8)11-14-12(16-15-11)9-6-7-9/h8-10H,1-7,13H2. The lowest BCUT2D eigenvalue weighted by Gasteiger charge is -2.25. The monoisotopic (exact) mass is 221 g/mol. The molecular weight excluding hydrogens is 202 g/mol. The minimum Gasteiger partial charge on any atom is -0.339 e. The Labute approximate surface area is 95.6 Å². The highest BCUT2D eigenvalue weighted by molar-refractivity contribution is 5.04. The fourth-order valence-electron chi connectivity index (χ4n) is 2.58. The molecule has 0 bridgehead atoms. The van der Waals surface area contributed by atoms with Crippen LogP contribution < -0.4 is 5.73 Å². The number of aromatic nitrogens is 2. The van der Waals surface area contributed by atoms with E-state index in [0.717, 1.165) is 11.7 Å². The number of rotatable bonds is 3. The van der Waals surface area contributed by atoms with Gasteiger partial charge in [-0.1, -0.05) is 24.4 Å². The van der Waals surface area contributed by atoms with Crippen LogP contribution in [0.3, 0.4) is 0 Å². The predicted molar refractivity (Wildman–Crippen MR) is 59.8 cm³/mol. The summed E-state index contributed by atoms with van der Waals surface area (Å²) < 4.78 is 5.26. The first-order valence-electron chi connectivity index (χ1n) is 6.43. The Hall–Kier alpha value is -0.900. The van der Waals surface area contributed by atoms with Crippen molar-refractivity contribution in [3.05, 3.63) is 11.7 Å². The average Bonchev–Trinajstić information content (AvgIpc) is 3.08. The van der Waals surface area contributed by atoms with Crippen LogP contribution in [0.2, 0.25) is 0 Å². The molecule has 2 aliphatic carbocycles. The molecule has 1 aromatic rings. The average molecular weight is 221 g/mol. The van der Waals surface area contributed by atoms with E-state index in [4.69, 9.17) is 10.3 Å². The van der Waals surface area contributed by atoms with Crippen molar-refractivity contribution >= 4 is 0 Å². The van der Waals surface area contributed by atoms with Gasteiger partial charge in [0.15, 0.2) is 5.82 Å². The number of hydrogen-bond donors (Lipinski definition) is 1. The molecule has 2 saturated carbocycles. The van der Waals surface area contributed by atoms with Crippen molar-refractivity contribution in [1.29, 1.82) is 0 Å². The second kappa shape index (κ2) is 4.17. The number of nitrogens with zero attached hydrogens (tertiary/aromatic N) is 2. The van der Waals surface area contributed by atoms with Gasteiger partial charge < -0.3 is 10.3 Å². The number of nitrogens with two attached hydrogens (primary N) is 1. The smallest absolute Gasteiger partial charge is 0.229 e. The van der Waals surface area contributed by atoms with E-state index >= 15 is 0 Å². The molecule has 2 aliphatic rings. The fraction of sp³-hybridized carbons (Fsp3) is 0.833. The maximum Gasteiger partial charge on any atom is 0.229 e. The fourth-order valence-corrected chi connectivity index (χ4v) is 2.58. The third-order valence-corrected chi connectivity index (χ3v) is 3.84. The Bertz CT molecular complexity index is 353. The largest absolute Gasteiger partial charge is 0.339 e. The summed E-state index contributed by atoms with van der Waals surface area (Å²) in [5.41, 5.74) is 6.22. The molecule has 0 amide bonds. The van der Waals surface area contributed by atoms with E-state index in [9.17, 15) is 0 Å². The van der Waals surface area contributed by atoms with Crippen molar-refractivity contribution in [1.82, 2.24) is 10.1 Å². The Balaban J connectivity index is 1.69. The lowest BCUT2D eigenvalue weighted by molar-refractivity contribution is 0.292. The molecule has 88 valence electrons. The maximum atomic E-state index is 6.22. The van der Waals surface area contributed by atoms with Crippen molar-refractivity contribution in [2.45, 2.75) is 56.9 Å². The van der Waals surface area contributed by atoms with Crippen LogP contribution in [-0.2, 0) is 0 Å². The van der Waals surface area contributed by atoms with E-state index in [-0.39, 0.29) is 6.04 Å². The molecule has 0 spiro atoms. The zero-order chi connectivity index (χ0) is 11.0. The third-order valence-electron chi connectivity index (χ3n) is 3.84. The lowest BCUT2D eigenvalue weighted by Crippen LogP contribution is -2.24. The summed E-state index contributed by atoms with van der Waals surface area (Å²) in [6.07, 6.45) is 8.77. The van der Waals surface area contributed by atoms with Crippen LogP contribution in [-0.4, -0.2) is 10.1 Å². The first-order valence-corrected chi connectivity index (χ1v) is 6.43. The minimum absolute atomic E-state index is 0.0171. The highest BCUT2D eigenvalue weighted by Crippen LogP contribution is 2.40. The molecule has 2 N–H and O–H groups in total. The van der Waals surface area contributed by atoms with E-state index in [1.165, 1.54) is 44.9 Å². The summed E-state index contributed by atoms with van der Waals surface area (Å²) in [5.74, 6) is 2.62. The molecular formula is C12H19N3O. The highest BCUT2D eigenvalue weighted by Gasteiger charge is 2.32. The first kappa shape index (κ1) is 10.3. The molecule has 1 atom stereocenters. The van der Waals surface area contributed by atoms with E-state index in [2.05, 4.69) is 10.1 Å². The minimum atomic E-state index is -0.0171. The van der Waals surface area contributed by atoms with Crippen molar-refractivity contribution in [2.75, 3.05) is 0 Å². The normalized spacial score (nSPS) is 24.6. The summed E-state index contributed by atoms with van der Waals surface area (Å²) in [6.45, 7) is 0. The van der Waals surface area contributed by atoms with E-state index in [0.29, 0.717) is 11.8 Å². The van der Waals surface area contributed by atoms with Gasteiger partial charge in [0.05, 0.1) is 6.04 Å². The molecule has 2 fully saturated rings. The summed E-state index contributed by atoms with van der Waals surface area (Å²) in [7, 11) is 0. The quantitative estimate of drug-likeness (QED) is 0.851. The van der Waals surface area contributed by atoms with E-state index < -0.39 is 0 Å².